The number of nitrogens with zero attached hydrogens (tertiary/aromatic N) is 5. The first kappa shape index (κ1) is 17.3. The normalized spacial score (nSPS) is 15.9. The molecule has 25 heavy (non-hydrogen) atoms. The van der Waals surface area contributed by atoms with Gasteiger partial charge >= 0.3 is 12.3 Å². The summed E-state index contributed by atoms with van der Waals surface area (Å²) < 4.78 is 45.3. The summed E-state index contributed by atoms with van der Waals surface area (Å²) in [4.78, 5) is 19.4. The predicted octanol–water partition coefficient (Wildman–Crippen LogP) is 2.42. The Morgan fingerprint density at radius 2 is 1.92 bits per heavy atom. The number of hydrogen-bond donors (Lipinski definition) is 0. The maximum absolute atomic E-state index is 13.0. The van der Waals surface area contributed by atoms with E-state index in [9.17, 15) is 18.0 Å². The Bertz CT molecular complexity index is 766. The van der Waals surface area contributed by atoms with Crippen LogP contribution in [0.2, 0.25) is 0 Å². The van der Waals surface area contributed by atoms with Gasteiger partial charge in [0.2, 0.25) is 0 Å². The fraction of sp³-hybridized carbons (Fsp3) is 0.533. The molecule has 0 N–H and O–H groups in total. The minimum Gasteiger partial charge on any atom is -0.447 e. The van der Waals surface area contributed by atoms with Crippen molar-refractivity contribution in [2.24, 2.45) is 0 Å². The van der Waals surface area contributed by atoms with E-state index >= 15 is 0 Å². The van der Waals surface area contributed by atoms with Crippen LogP contribution in [-0.2, 0) is 10.9 Å². The molecule has 1 amide bonds. The Labute approximate surface area is 142 Å². The minimum atomic E-state index is -4.51. The number of carbonyl (C=O) groups is 1. The molecule has 0 aromatic carbocycles. The standard InChI is InChI=1S/C15H18F3N5O2/c1-10(2)25-14(24)22-7-5-21(6-8-22)12-3-4-23-13(20-12)11(9-19-23)15(16,17)18/h3-4,9-10H,5-8H2,1-2H3. The third kappa shape index (κ3) is 3.62. The van der Waals surface area contributed by atoms with Crippen LogP contribution in [0.15, 0.2) is 18.5 Å². The van der Waals surface area contributed by atoms with E-state index in [0.717, 1.165) is 10.7 Å². The van der Waals surface area contributed by atoms with Gasteiger partial charge in [0.25, 0.3) is 0 Å². The molecule has 7 nitrogen and oxygen atoms in total. The largest absolute Gasteiger partial charge is 0.447 e. The lowest BCUT2D eigenvalue weighted by Crippen LogP contribution is -2.49. The van der Waals surface area contributed by atoms with Crippen LogP contribution in [0.25, 0.3) is 5.65 Å². The maximum atomic E-state index is 13.0. The van der Waals surface area contributed by atoms with Crippen molar-refractivity contribution in [1.29, 1.82) is 0 Å². The van der Waals surface area contributed by atoms with Crippen LogP contribution in [0.5, 0.6) is 0 Å². The van der Waals surface area contributed by atoms with E-state index in [4.69, 9.17) is 4.74 Å². The Kier molecular flexibility index (Phi) is 4.44. The monoisotopic (exact) mass is 357 g/mol. The van der Waals surface area contributed by atoms with Gasteiger partial charge in [-0.25, -0.2) is 14.3 Å². The number of anilines is 1. The minimum absolute atomic E-state index is 0.197. The van der Waals surface area contributed by atoms with Crippen molar-refractivity contribution in [1.82, 2.24) is 19.5 Å². The second-order valence-electron chi connectivity index (χ2n) is 6.02. The van der Waals surface area contributed by atoms with Crippen LogP contribution in [0.1, 0.15) is 19.4 Å². The highest BCUT2D eigenvalue weighted by Gasteiger charge is 2.35. The molecule has 0 spiro atoms. The number of carbonyl (C=O) groups excluding carboxylic acids is 1. The number of fused-ring (bicyclic) bond motifs is 1. The van der Waals surface area contributed by atoms with Crippen LogP contribution >= 0.6 is 0 Å². The molecule has 0 aliphatic carbocycles. The summed E-state index contributed by atoms with van der Waals surface area (Å²) in [6, 6.07) is 1.61. The van der Waals surface area contributed by atoms with E-state index in [1.165, 1.54) is 6.20 Å². The number of halogens is 3. The van der Waals surface area contributed by atoms with Gasteiger partial charge < -0.3 is 14.5 Å². The first-order valence-corrected chi connectivity index (χ1v) is 7.88. The maximum Gasteiger partial charge on any atom is 0.421 e. The molecule has 10 heteroatoms. The number of ether oxygens (including phenoxy) is 1. The smallest absolute Gasteiger partial charge is 0.421 e. The molecule has 0 atom stereocenters. The summed E-state index contributed by atoms with van der Waals surface area (Å²) in [5.74, 6) is 0.426. The highest BCUT2D eigenvalue weighted by molar-refractivity contribution is 5.68. The fourth-order valence-electron chi connectivity index (χ4n) is 2.63. The summed E-state index contributed by atoms with van der Waals surface area (Å²) in [6.07, 6.45) is -2.87. The Hall–Kier alpha value is -2.52. The number of hydrogen-bond acceptors (Lipinski definition) is 5. The van der Waals surface area contributed by atoms with E-state index in [0.29, 0.717) is 32.0 Å². The number of rotatable bonds is 2. The highest BCUT2D eigenvalue weighted by Crippen LogP contribution is 2.32. The van der Waals surface area contributed by atoms with Crippen molar-refractivity contribution in [2.45, 2.75) is 26.1 Å². The van der Waals surface area contributed by atoms with Crippen LogP contribution < -0.4 is 4.90 Å². The van der Waals surface area contributed by atoms with Gasteiger partial charge in [0.1, 0.15) is 11.4 Å². The summed E-state index contributed by atoms with van der Waals surface area (Å²) in [7, 11) is 0. The summed E-state index contributed by atoms with van der Waals surface area (Å²) in [6.45, 7) is 5.32. The number of alkyl halides is 3. The number of amides is 1. The molecule has 2 aromatic rings. The van der Waals surface area contributed by atoms with Crippen LogP contribution in [0, 0.1) is 0 Å². The average Bonchev–Trinajstić information content (AvgIpc) is 2.97. The van der Waals surface area contributed by atoms with Crippen molar-refractivity contribution in [3.8, 4) is 0 Å². The number of aromatic nitrogens is 3. The van der Waals surface area contributed by atoms with Crippen molar-refractivity contribution in [3.05, 3.63) is 24.0 Å². The van der Waals surface area contributed by atoms with Gasteiger partial charge in [-0.05, 0) is 19.9 Å². The van der Waals surface area contributed by atoms with E-state index in [-0.39, 0.29) is 17.8 Å². The van der Waals surface area contributed by atoms with E-state index in [1.54, 1.807) is 24.8 Å². The number of piperazine rings is 1. The lowest BCUT2D eigenvalue weighted by Gasteiger charge is -2.35. The molecule has 3 heterocycles. The molecule has 0 saturated carbocycles. The predicted molar refractivity (Wildman–Crippen MR) is 83.4 cm³/mol. The molecule has 3 rings (SSSR count). The molecule has 1 aliphatic heterocycles. The van der Waals surface area contributed by atoms with Crippen molar-refractivity contribution in [3.63, 3.8) is 0 Å². The molecular formula is C15H18F3N5O2. The second-order valence-corrected chi connectivity index (χ2v) is 6.02. The van der Waals surface area contributed by atoms with Gasteiger partial charge in [0.05, 0.1) is 12.3 Å². The van der Waals surface area contributed by atoms with Crippen LogP contribution in [-0.4, -0.2) is 57.9 Å². The van der Waals surface area contributed by atoms with E-state index < -0.39 is 11.7 Å². The SMILES string of the molecule is CC(C)OC(=O)N1CCN(c2ccn3ncc(C(F)(F)F)c3n2)CC1. The third-order valence-corrected chi connectivity index (χ3v) is 3.86. The summed E-state index contributed by atoms with van der Waals surface area (Å²) >= 11 is 0. The van der Waals surface area contributed by atoms with Crippen LogP contribution in [0.4, 0.5) is 23.8 Å². The first-order chi connectivity index (χ1) is 11.8. The van der Waals surface area contributed by atoms with Crippen molar-refractivity contribution < 1.29 is 22.7 Å². The third-order valence-electron chi connectivity index (χ3n) is 3.86. The molecule has 0 radical (unpaired) electrons. The molecule has 1 saturated heterocycles. The zero-order valence-electron chi connectivity index (χ0n) is 13.8. The van der Waals surface area contributed by atoms with Crippen molar-refractivity contribution in [2.75, 3.05) is 31.1 Å². The molecular weight excluding hydrogens is 339 g/mol. The van der Waals surface area contributed by atoms with Gasteiger partial charge in [0.15, 0.2) is 5.65 Å². The zero-order valence-corrected chi connectivity index (χ0v) is 13.8. The second kappa shape index (κ2) is 6.41. The van der Waals surface area contributed by atoms with Gasteiger partial charge in [-0.15, -0.1) is 0 Å². The molecule has 2 aromatic heterocycles. The van der Waals surface area contributed by atoms with Gasteiger partial charge in [-0.3, -0.25) is 0 Å². The Balaban J connectivity index is 1.74. The quantitative estimate of drug-likeness (QED) is 0.826. The topological polar surface area (TPSA) is 63.0 Å². The summed E-state index contributed by atoms with van der Waals surface area (Å²) in [5, 5.41) is 3.68. The molecule has 1 fully saturated rings. The fourth-order valence-corrected chi connectivity index (χ4v) is 2.63. The lowest BCUT2D eigenvalue weighted by atomic mass is 10.3. The highest BCUT2D eigenvalue weighted by atomic mass is 19.4. The van der Waals surface area contributed by atoms with Crippen molar-refractivity contribution >= 4 is 17.6 Å². The summed E-state index contributed by atoms with van der Waals surface area (Å²) in [5.41, 5.74) is -1.10. The molecule has 0 bridgehead atoms. The molecule has 136 valence electrons. The van der Waals surface area contributed by atoms with E-state index in [1.807, 2.05) is 4.90 Å². The van der Waals surface area contributed by atoms with Gasteiger partial charge in [-0.1, -0.05) is 0 Å². The molecule has 0 unspecified atom stereocenters. The van der Waals surface area contributed by atoms with E-state index in [2.05, 4.69) is 10.1 Å². The first-order valence-electron chi connectivity index (χ1n) is 7.88. The Morgan fingerprint density at radius 3 is 2.52 bits per heavy atom. The van der Waals surface area contributed by atoms with Crippen LogP contribution in [0.3, 0.4) is 0 Å². The molecule has 1 aliphatic rings. The Morgan fingerprint density at radius 1 is 1.24 bits per heavy atom. The van der Waals surface area contributed by atoms with Gasteiger partial charge in [0, 0.05) is 32.4 Å². The average molecular weight is 357 g/mol. The van der Waals surface area contributed by atoms with Gasteiger partial charge in [-0.2, -0.15) is 18.3 Å². The zero-order chi connectivity index (χ0) is 18.2. The lowest BCUT2D eigenvalue weighted by molar-refractivity contribution is -0.136.